The fourth-order valence-corrected chi connectivity index (χ4v) is 1.88. The fraction of sp³-hybridized carbons (Fsp3) is 0.188. The van der Waals surface area contributed by atoms with Gasteiger partial charge >= 0.3 is 0 Å². The number of nitrogens with one attached hydrogen (secondary N) is 1. The van der Waals surface area contributed by atoms with Gasteiger partial charge in [-0.3, -0.25) is 4.79 Å². The molecular weight excluding hydrogens is 270 g/mol. The maximum atomic E-state index is 12.2. The van der Waals surface area contributed by atoms with E-state index in [1.165, 1.54) is 7.11 Å². The minimum atomic E-state index is -0.251. The lowest BCUT2D eigenvalue weighted by Crippen LogP contribution is -2.23. The number of ether oxygens (including phenoxy) is 2. The topological polar surface area (TPSA) is 67.8 Å². The number of amides is 1. The Morgan fingerprint density at radius 2 is 1.81 bits per heavy atom. The molecule has 0 aliphatic carbocycles. The minimum absolute atomic E-state index is 0.194. The molecule has 0 aliphatic heterocycles. The first-order chi connectivity index (χ1) is 10.1. The summed E-state index contributed by atoms with van der Waals surface area (Å²) in [7, 11) is 3.05. The Balaban J connectivity index is 2.10. The Morgan fingerprint density at radius 1 is 1.10 bits per heavy atom. The molecule has 0 heterocycles. The summed E-state index contributed by atoms with van der Waals surface area (Å²) in [5, 5.41) is 12.0. The third-order valence-corrected chi connectivity index (χ3v) is 3.04. The van der Waals surface area contributed by atoms with Gasteiger partial charge in [-0.15, -0.1) is 0 Å². The minimum Gasteiger partial charge on any atom is -0.508 e. The number of carbonyl (C=O) groups excluding carboxylic acids is 1. The zero-order chi connectivity index (χ0) is 15.2. The summed E-state index contributed by atoms with van der Waals surface area (Å²) in [5.74, 6) is 1.02. The van der Waals surface area contributed by atoms with Crippen LogP contribution in [-0.4, -0.2) is 25.2 Å². The van der Waals surface area contributed by atoms with E-state index in [4.69, 9.17) is 9.47 Å². The number of rotatable bonds is 5. The van der Waals surface area contributed by atoms with Crippen LogP contribution in [0.25, 0.3) is 0 Å². The zero-order valence-electron chi connectivity index (χ0n) is 11.9. The van der Waals surface area contributed by atoms with Crippen LogP contribution in [0.4, 0.5) is 0 Å². The van der Waals surface area contributed by atoms with Gasteiger partial charge in [0.15, 0.2) is 0 Å². The number of methoxy groups -OCH3 is 2. The first-order valence-electron chi connectivity index (χ1n) is 6.42. The van der Waals surface area contributed by atoms with Gasteiger partial charge in [-0.25, -0.2) is 0 Å². The average Bonchev–Trinajstić information content (AvgIpc) is 2.53. The lowest BCUT2D eigenvalue weighted by atomic mass is 10.1. The van der Waals surface area contributed by atoms with Crippen molar-refractivity contribution in [1.82, 2.24) is 5.32 Å². The Bertz CT molecular complexity index is 623. The summed E-state index contributed by atoms with van der Waals surface area (Å²) >= 11 is 0. The van der Waals surface area contributed by atoms with Gasteiger partial charge in [0, 0.05) is 6.54 Å². The monoisotopic (exact) mass is 287 g/mol. The smallest absolute Gasteiger partial charge is 0.255 e. The van der Waals surface area contributed by atoms with Crippen molar-refractivity contribution < 1.29 is 19.4 Å². The second kappa shape index (κ2) is 6.65. The van der Waals surface area contributed by atoms with Crippen molar-refractivity contribution in [3.8, 4) is 17.2 Å². The third-order valence-electron chi connectivity index (χ3n) is 3.04. The third kappa shape index (κ3) is 3.66. The van der Waals surface area contributed by atoms with Crippen molar-refractivity contribution in [2.24, 2.45) is 0 Å². The van der Waals surface area contributed by atoms with E-state index in [-0.39, 0.29) is 11.7 Å². The Morgan fingerprint density at radius 3 is 2.43 bits per heavy atom. The second-order valence-electron chi connectivity index (χ2n) is 4.42. The SMILES string of the molecule is COc1ccc(OC)c(C(=O)NCc2ccc(O)cc2)c1. The largest absolute Gasteiger partial charge is 0.508 e. The molecule has 5 nitrogen and oxygen atoms in total. The van der Waals surface area contributed by atoms with E-state index in [0.717, 1.165) is 5.56 Å². The Kier molecular flexibility index (Phi) is 4.66. The molecule has 0 spiro atoms. The van der Waals surface area contributed by atoms with Crippen LogP contribution in [0.2, 0.25) is 0 Å². The van der Waals surface area contributed by atoms with Crippen molar-refractivity contribution in [1.29, 1.82) is 0 Å². The summed E-state index contributed by atoms with van der Waals surface area (Å²) in [6.07, 6.45) is 0. The molecule has 0 radical (unpaired) electrons. The zero-order valence-corrected chi connectivity index (χ0v) is 11.9. The van der Waals surface area contributed by atoms with E-state index >= 15 is 0 Å². The van der Waals surface area contributed by atoms with Crippen LogP contribution in [0, 0.1) is 0 Å². The van der Waals surface area contributed by atoms with Crippen LogP contribution in [0.5, 0.6) is 17.2 Å². The van der Waals surface area contributed by atoms with Crippen LogP contribution >= 0.6 is 0 Å². The van der Waals surface area contributed by atoms with Gasteiger partial charge in [0.2, 0.25) is 0 Å². The number of carbonyl (C=O) groups is 1. The summed E-state index contributed by atoms with van der Waals surface area (Å²) < 4.78 is 10.3. The van der Waals surface area contributed by atoms with Gasteiger partial charge in [0.25, 0.3) is 5.91 Å². The Labute approximate surface area is 123 Å². The van der Waals surface area contributed by atoms with E-state index in [0.29, 0.717) is 23.6 Å². The predicted molar refractivity (Wildman–Crippen MR) is 78.8 cm³/mol. The number of aromatic hydroxyl groups is 1. The number of phenols is 1. The molecule has 2 N–H and O–H groups in total. The van der Waals surface area contributed by atoms with E-state index < -0.39 is 0 Å². The molecule has 110 valence electrons. The highest BCUT2D eigenvalue weighted by Crippen LogP contribution is 2.23. The van der Waals surface area contributed by atoms with Crippen LogP contribution in [-0.2, 0) is 6.54 Å². The molecule has 0 saturated carbocycles. The molecule has 0 atom stereocenters. The van der Waals surface area contributed by atoms with Crippen molar-refractivity contribution in [3.63, 3.8) is 0 Å². The molecule has 21 heavy (non-hydrogen) atoms. The molecule has 2 aromatic carbocycles. The van der Waals surface area contributed by atoms with Gasteiger partial charge < -0.3 is 19.9 Å². The molecular formula is C16H17NO4. The maximum Gasteiger partial charge on any atom is 0.255 e. The molecule has 0 aliphatic rings. The molecule has 0 unspecified atom stereocenters. The fourth-order valence-electron chi connectivity index (χ4n) is 1.88. The quantitative estimate of drug-likeness (QED) is 0.885. The van der Waals surface area contributed by atoms with Gasteiger partial charge in [0.1, 0.15) is 17.2 Å². The molecule has 0 bridgehead atoms. The van der Waals surface area contributed by atoms with Gasteiger partial charge in [-0.1, -0.05) is 12.1 Å². The average molecular weight is 287 g/mol. The van der Waals surface area contributed by atoms with Crippen LogP contribution in [0.15, 0.2) is 42.5 Å². The second-order valence-corrected chi connectivity index (χ2v) is 4.42. The van der Waals surface area contributed by atoms with Crippen molar-refractivity contribution >= 4 is 5.91 Å². The number of hydrogen-bond acceptors (Lipinski definition) is 4. The van der Waals surface area contributed by atoms with Gasteiger partial charge in [-0.05, 0) is 35.9 Å². The van der Waals surface area contributed by atoms with E-state index in [9.17, 15) is 9.90 Å². The van der Waals surface area contributed by atoms with E-state index in [1.807, 2.05) is 0 Å². The predicted octanol–water partition coefficient (Wildman–Crippen LogP) is 2.34. The summed E-state index contributed by atoms with van der Waals surface area (Å²) in [4.78, 5) is 12.2. The molecule has 1 amide bonds. The number of hydrogen-bond donors (Lipinski definition) is 2. The number of benzene rings is 2. The summed E-state index contributed by atoms with van der Waals surface area (Å²) in [6.45, 7) is 0.361. The molecule has 5 heteroatoms. The Hall–Kier alpha value is -2.69. The maximum absolute atomic E-state index is 12.2. The van der Waals surface area contributed by atoms with Gasteiger partial charge in [-0.2, -0.15) is 0 Å². The van der Waals surface area contributed by atoms with E-state index in [1.54, 1.807) is 49.6 Å². The molecule has 0 saturated heterocycles. The lowest BCUT2D eigenvalue weighted by Gasteiger charge is -2.11. The van der Waals surface area contributed by atoms with Crippen molar-refractivity contribution in [2.75, 3.05) is 14.2 Å². The summed E-state index contributed by atoms with van der Waals surface area (Å²) in [6, 6.07) is 11.7. The lowest BCUT2D eigenvalue weighted by molar-refractivity contribution is 0.0947. The molecule has 2 aromatic rings. The van der Waals surface area contributed by atoms with Crippen molar-refractivity contribution in [3.05, 3.63) is 53.6 Å². The highest BCUT2D eigenvalue weighted by Gasteiger charge is 2.13. The van der Waals surface area contributed by atoms with Crippen molar-refractivity contribution in [2.45, 2.75) is 6.54 Å². The first-order valence-corrected chi connectivity index (χ1v) is 6.42. The first kappa shape index (κ1) is 14.7. The molecule has 0 aromatic heterocycles. The highest BCUT2D eigenvalue weighted by molar-refractivity contribution is 5.97. The number of phenolic OH excluding ortho intramolecular Hbond substituents is 1. The standard InChI is InChI=1S/C16H17NO4/c1-20-13-7-8-15(21-2)14(9-13)16(19)17-10-11-3-5-12(18)6-4-11/h3-9,18H,10H2,1-2H3,(H,17,19). The van der Waals surface area contributed by atoms with Crippen LogP contribution in [0.3, 0.4) is 0 Å². The highest BCUT2D eigenvalue weighted by atomic mass is 16.5. The van der Waals surface area contributed by atoms with Crippen LogP contribution < -0.4 is 14.8 Å². The normalized spacial score (nSPS) is 10.0. The molecule has 0 fully saturated rings. The van der Waals surface area contributed by atoms with Crippen LogP contribution in [0.1, 0.15) is 15.9 Å². The summed E-state index contributed by atoms with van der Waals surface area (Å²) in [5.41, 5.74) is 1.30. The molecule has 2 rings (SSSR count). The van der Waals surface area contributed by atoms with Gasteiger partial charge in [0.05, 0.1) is 19.8 Å². The van der Waals surface area contributed by atoms with E-state index in [2.05, 4.69) is 5.32 Å².